The monoisotopic (exact) mass is 296 g/mol. The quantitative estimate of drug-likeness (QED) is 0.387. The maximum absolute atomic E-state index is 10.9. The minimum Gasteiger partial charge on any atom is -0.469 e. The predicted molar refractivity (Wildman–Crippen MR) is 85.6 cm³/mol. The first-order valence-electron chi connectivity index (χ1n) is 8.42. The number of unbranched alkanes of at least 4 members (excludes halogenated alkanes) is 10. The Morgan fingerprint density at radius 1 is 0.952 bits per heavy atom. The van der Waals surface area contributed by atoms with E-state index in [1.54, 1.807) is 0 Å². The molecule has 0 rings (SSSR count). The summed E-state index contributed by atoms with van der Waals surface area (Å²) in [6, 6.07) is 1.79. The summed E-state index contributed by atoms with van der Waals surface area (Å²) in [7, 11) is 1.44. The summed E-state index contributed by atoms with van der Waals surface area (Å²) in [4.78, 5) is 10.9. The molecule has 0 aromatic heterocycles. The third kappa shape index (κ3) is 15.1. The molecule has 1 atom stereocenters. The number of nitriles is 1. The fourth-order valence-corrected chi connectivity index (χ4v) is 2.39. The van der Waals surface area contributed by atoms with Crippen molar-refractivity contribution < 1.29 is 9.53 Å². The molecule has 0 spiro atoms. The van der Waals surface area contributed by atoms with Crippen molar-refractivity contribution in [1.82, 2.24) is 0 Å². The van der Waals surface area contributed by atoms with Gasteiger partial charge < -0.3 is 10.5 Å². The molecule has 0 aromatic carbocycles. The van der Waals surface area contributed by atoms with Crippen LogP contribution in [0.3, 0.4) is 0 Å². The Balaban J connectivity index is 3.06. The molecule has 21 heavy (non-hydrogen) atoms. The molecule has 0 amide bonds. The fraction of sp³-hybridized carbons (Fsp3) is 0.882. The Morgan fingerprint density at radius 3 is 1.81 bits per heavy atom. The minimum absolute atomic E-state index is 0.0919. The zero-order chi connectivity index (χ0) is 15.8. The van der Waals surface area contributed by atoms with Gasteiger partial charge >= 0.3 is 5.97 Å². The summed E-state index contributed by atoms with van der Waals surface area (Å²) in [6.45, 7) is 0. The van der Waals surface area contributed by atoms with Crippen molar-refractivity contribution in [3.8, 4) is 6.07 Å². The van der Waals surface area contributed by atoms with Gasteiger partial charge in [-0.25, -0.2) is 0 Å². The van der Waals surface area contributed by atoms with E-state index in [0.717, 1.165) is 25.7 Å². The molecule has 0 aliphatic rings. The maximum Gasteiger partial charge on any atom is 0.305 e. The van der Waals surface area contributed by atoms with Crippen molar-refractivity contribution in [1.29, 1.82) is 5.26 Å². The molecule has 4 nitrogen and oxygen atoms in total. The molecule has 0 heterocycles. The van der Waals surface area contributed by atoms with Crippen LogP contribution in [0.25, 0.3) is 0 Å². The third-order valence-electron chi connectivity index (χ3n) is 3.79. The molecule has 2 N–H and O–H groups in total. The number of esters is 1. The standard InChI is InChI=1S/C17H32N2O2/c1-21-17(20)14-12-10-8-6-4-2-3-5-7-9-11-13-16(19)15-18/h16H,2-14,19H2,1H3. The Labute approximate surface area is 130 Å². The number of hydrogen-bond acceptors (Lipinski definition) is 4. The highest BCUT2D eigenvalue weighted by molar-refractivity contribution is 5.68. The van der Waals surface area contributed by atoms with Crippen LogP contribution in [0.5, 0.6) is 0 Å². The summed E-state index contributed by atoms with van der Waals surface area (Å²) >= 11 is 0. The second-order valence-electron chi connectivity index (χ2n) is 5.74. The van der Waals surface area contributed by atoms with Crippen LogP contribution in [0.15, 0.2) is 0 Å². The van der Waals surface area contributed by atoms with Gasteiger partial charge in [0.15, 0.2) is 0 Å². The van der Waals surface area contributed by atoms with Gasteiger partial charge in [-0.05, 0) is 12.8 Å². The Bertz CT molecular complexity index is 287. The number of methoxy groups -OCH3 is 1. The van der Waals surface area contributed by atoms with E-state index in [9.17, 15) is 4.79 Å². The van der Waals surface area contributed by atoms with Crippen LogP contribution >= 0.6 is 0 Å². The average molecular weight is 296 g/mol. The molecular weight excluding hydrogens is 264 g/mol. The Morgan fingerprint density at radius 2 is 1.38 bits per heavy atom. The highest BCUT2D eigenvalue weighted by atomic mass is 16.5. The van der Waals surface area contributed by atoms with Gasteiger partial charge in [-0.3, -0.25) is 4.79 Å². The fourth-order valence-electron chi connectivity index (χ4n) is 2.39. The lowest BCUT2D eigenvalue weighted by atomic mass is 10.0. The van der Waals surface area contributed by atoms with Crippen LogP contribution in [-0.2, 0) is 9.53 Å². The SMILES string of the molecule is COC(=O)CCCCCCCCCCCCCC(N)C#N. The topological polar surface area (TPSA) is 76.1 Å². The van der Waals surface area contributed by atoms with E-state index in [2.05, 4.69) is 10.8 Å². The van der Waals surface area contributed by atoms with Gasteiger partial charge in [-0.2, -0.15) is 5.26 Å². The number of ether oxygens (including phenoxy) is 1. The summed E-state index contributed by atoms with van der Waals surface area (Å²) in [5, 5.41) is 8.55. The van der Waals surface area contributed by atoms with Crippen molar-refractivity contribution in [2.45, 2.75) is 89.5 Å². The highest BCUT2D eigenvalue weighted by Gasteiger charge is 2.00. The number of carbonyl (C=O) groups excluding carboxylic acids is 1. The van der Waals surface area contributed by atoms with Gasteiger partial charge in [0.25, 0.3) is 0 Å². The van der Waals surface area contributed by atoms with Gasteiger partial charge in [0.1, 0.15) is 0 Å². The molecule has 0 aliphatic heterocycles. The molecule has 0 radical (unpaired) electrons. The summed E-state index contributed by atoms with van der Waals surface area (Å²) in [5.41, 5.74) is 5.54. The molecule has 0 saturated heterocycles. The van der Waals surface area contributed by atoms with Gasteiger partial charge in [0, 0.05) is 6.42 Å². The first-order valence-corrected chi connectivity index (χ1v) is 8.42. The molecule has 0 bridgehead atoms. The zero-order valence-corrected chi connectivity index (χ0v) is 13.6. The third-order valence-corrected chi connectivity index (χ3v) is 3.79. The largest absolute Gasteiger partial charge is 0.469 e. The van der Waals surface area contributed by atoms with Crippen LogP contribution in [0.2, 0.25) is 0 Å². The van der Waals surface area contributed by atoms with Gasteiger partial charge in [-0.1, -0.05) is 64.2 Å². The smallest absolute Gasteiger partial charge is 0.305 e. The Kier molecular flexibility index (Phi) is 14.5. The van der Waals surface area contributed by atoms with Crippen LogP contribution in [0.1, 0.15) is 83.5 Å². The molecule has 122 valence electrons. The molecule has 4 heteroatoms. The zero-order valence-electron chi connectivity index (χ0n) is 13.6. The number of carbonyl (C=O) groups is 1. The number of nitrogens with zero attached hydrogens (tertiary/aromatic N) is 1. The summed E-state index contributed by atoms with van der Waals surface area (Å²) in [5.74, 6) is -0.0919. The number of hydrogen-bond donors (Lipinski definition) is 1. The van der Waals surface area contributed by atoms with E-state index in [1.165, 1.54) is 58.5 Å². The number of rotatable bonds is 14. The van der Waals surface area contributed by atoms with E-state index in [4.69, 9.17) is 11.0 Å². The molecule has 1 unspecified atom stereocenters. The van der Waals surface area contributed by atoms with Crippen LogP contribution in [-0.4, -0.2) is 19.1 Å². The van der Waals surface area contributed by atoms with E-state index in [-0.39, 0.29) is 12.0 Å². The van der Waals surface area contributed by atoms with E-state index < -0.39 is 0 Å². The second kappa shape index (κ2) is 15.3. The first-order chi connectivity index (χ1) is 10.2. The lowest BCUT2D eigenvalue weighted by molar-refractivity contribution is -0.140. The lowest BCUT2D eigenvalue weighted by Crippen LogP contribution is -2.16. The van der Waals surface area contributed by atoms with Crippen molar-refractivity contribution >= 4 is 5.97 Å². The highest BCUT2D eigenvalue weighted by Crippen LogP contribution is 2.12. The average Bonchev–Trinajstić information content (AvgIpc) is 2.51. The number of nitrogens with two attached hydrogens (primary N) is 1. The first kappa shape index (κ1) is 19.9. The summed E-state index contributed by atoms with van der Waals surface area (Å²) < 4.78 is 4.61. The van der Waals surface area contributed by atoms with Crippen molar-refractivity contribution in [2.24, 2.45) is 5.73 Å². The van der Waals surface area contributed by atoms with Gasteiger partial charge in [0.05, 0.1) is 19.2 Å². The van der Waals surface area contributed by atoms with Crippen molar-refractivity contribution in [3.63, 3.8) is 0 Å². The van der Waals surface area contributed by atoms with Crippen LogP contribution in [0, 0.1) is 11.3 Å². The molecule has 0 aliphatic carbocycles. The van der Waals surface area contributed by atoms with E-state index in [0.29, 0.717) is 6.42 Å². The van der Waals surface area contributed by atoms with E-state index >= 15 is 0 Å². The second-order valence-corrected chi connectivity index (χ2v) is 5.74. The maximum atomic E-state index is 10.9. The van der Waals surface area contributed by atoms with Crippen LogP contribution in [0.4, 0.5) is 0 Å². The minimum atomic E-state index is -0.274. The normalized spacial score (nSPS) is 11.9. The summed E-state index contributed by atoms with van der Waals surface area (Å²) in [6.07, 6.45) is 14.7. The van der Waals surface area contributed by atoms with Crippen molar-refractivity contribution in [3.05, 3.63) is 0 Å². The van der Waals surface area contributed by atoms with Crippen LogP contribution < -0.4 is 5.73 Å². The predicted octanol–water partition coefficient (Wildman–Crippen LogP) is 4.08. The van der Waals surface area contributed by atoms with Crippen molar-refractivity contribution in [2.75, 3.05) is 7.11 Å². The molecule has 0 saturated carbocycles. The Hall–Kier alpha value is -1.08. The van der Waals surface area contributed by atoms with E-state index in [1.807, 2.05) is 0 Å². The molecule has 0 fully saturated rings. The molecule has 0 aromatic rings. The van der Waals surface area contributed by atoms with Gasteiger partial charge in [-0.15, -0.1) is 0 Å². The molecular formula is C17H32N2O2. The van der Waals surface area contributed by atoms with Gasteiger partial charge in [0.2, 0.25) is 0 Å². The lowest BCUT2D eigenvalue weighted by Gasteiger charge is -2.04.